The molecule has 2 fully saturated rings. The minimum absolute atomic E-state index is 0.0517. The van der Waals surface area contributed by atoms with E-state index in [2.05, 4.69) is 53.2 Å². The van der Waals surface area contributed by atoms with E-state index in [1.807, 2.05) is 0 Å². The average Bonchev–Trinajstić information content (AvgIpc) is 4.23. The molecule has 2 aliphatic rings. The molecule has 0 aliphatic carbocycles. The van der Waals surface area contributed by atoms with Crippen LogP contribution in [-0.4, -0.2) is 192 Å². The number of likely N-dealkylation sites (tertiary alicyclic amines) is 1. The number of hydrogen-bond donors (Lipinski definition) is 16. The highest BCUT2D eigenvalue weighted by molar-refractivity contribution is 8.76. The van der Waals surface area contributed by atoms with Gasteiger partial charge in [-0.3, -0.25) is 67.1 Å². The van der Waals surface area contributed by atoms with Crippen molar-refractivity contribution in [2.45, 2.75) is 113 Å². The Hall–Kier alpha value is -8.56. The first-order chi connectivity index (χ1) is 40.5. The zero-order chi connectivity index (χ0) is 62.6. The Morgan fingerprint density at radius 2 is 1.20 bits per heavy atom. The van der Waals surface area contributed by atoms with Crippen molar-refractivity contribution in [3.8, 4) is 5.75 Å². The van der Waals surface area contributed by atoms with Crippen LogP contribution in [-0.2, 0) is 80.0 Å². The Morgan fingerprint density at radius 1 is 0.624 bits per heavy atom. The van der Waals surface area contributed by atoms with E-state index in [4.69, 9.17) is 28.7 Å². The number of carbonyl (C=O) groups excluding carboxylic acids is 14. The third-order valence-corrected chi connectivity index (χ3v) is 15.4. The van der Waals surface area contributed by atoms with E-state index in [0.29, 0.717) is 24.0 Å². The lowest BCUT2D eigenvalue weighted by Crippen LogP contribution is -2.61. The maximum absolute atomic E-state index is 14.8. The van der Waals surface area contributed by atoms with Gasteiger partial charge < -0.3 is 91.8 Å². The molecule has 2 aromatic carbocycles. The fraction of sp³-hybridized carbons (Fsp3) is 0.500. The van der Waals surface area contributed by atoms with Crippen LogP contribution in [0.25, 0.3) is 0 Å². The van der Waals surface area contributed by atoms with E-state index in [0.717, 1.165) is 26.5 Å². The number of nitrogens with zero attached hydrogens (tertiary/aromatic N) is 1. The molecule has 2 saturated heterocycles. The van der Waals surface area contributed by atoms with Crippen LogP contribution >= 0.6 is 21.6 Å². The van der Waals surface area contributed by atoms with E-state index in [1.165, 1.54) is 24.3 Å². The van der Waals surface area contributed by atoms with Crippen molar-refractivity contribution in [2.75, 3.05) is 50.8 Å². The molecule has 464 valence electrons. The number of carbonyl (C=O) groups is 14. The lowest BCUT2D eigenvalue weighted by molar-refractivity contribution is -0.142. The van der Waals surface area contributed by atoms with Gasteiger partial charge in [-0.2, -0.15) is 0 Å². The predicted octanol–water partition coefficient (Wildman–Crippen LogP) is -6.98. The van der Waals surface area contributed by atoms with Crippen molar-refractivity contribution in [2.24, 2.45) is 28.7 Å². The minimum atomic E-state index is -1.87. The topological polar surface area (TPSA) is 513 Å². The van der Waals surface area contributed by atoms with E-state index in [9.17, 15) is 72.2 Å². The second-order valence-electron chi connectivity index (χ2n) is 19.7. The van der Waals surface area contributed by atoms with Crippen molar-refractivity contribution in [1.29, 1.82) is 0 Å². The highest BCUT2D eigenvalue weighted by Gasteiger charge is 2.41. The summed E-state index contributed by atoms with van der Waals surface area (Å²) in [6.45, 7) is -2.01. The van der Waals surface area contributed by atoms with Crippen LogP contribution in [0.3, 0.4) is 0 Å². The molecule has 0 aromatic heterocycles. The zero-order valence-corrected chi connectivity index (χ0v) is 48.0. The van der Waals surface area contributed by atoms with E-state index in [-0.39, 0.29) is 56.7 Å². The number of unbranched alkanes of at least 4 members (excludes halogenated alkanes) is 1. The largest absolute Gasteiger partial charge is 0.508 e. The van der Waals surface area contributed by atoms with Crippen LogP contribution in [0.2, 0.25) is 0 Å². The third-order valence-electron chi connectivity index (χ3n) is 13.0. The fourth-order valence-electron chi connectivity index (χ4n) is 8.62. The third kappa shape index (κ3) is 24.3. The second kappa shape index (κ2) is 35.5. The van der Waals surface area contributed by atoms with Crippen LogP contribution in [0.5, 0.6) is 5.75 Å². The second-order valence-corrected chi connectivity index (χ2v) is 22.3. The monoisotopic (exact) mass is 1230 g/mol. The molecule has 0 radical (unpaired) electrons. The van der Waals surface area contributed by atoms with E-state index < -0.39 is 182 Å². The molecule has 0 spiro atoms. The van der Waals surface area contributed by atoms with Crippen LogP contribution in [0.4, 0.5) is 0 Å². The first kappa shape index (κ1) is 68.9. The summed E-state index contributed by atoms with van der Waals surface area (Å²) in [4.78, 5) is 190. The van der Waals surface area contributed by atoms with Crippen LogP contribution < -0.4 is 81.8 Å². The Bertz CT molecular complexity index is 2730. The Balaban J connectivity index is 1.81. The summed E-state index contributed by atoms with van der Waals surface area (Å²) < 4.78 is 0. The van der Waals surface area contributed by atoms with Gasteiger partial charge in [0.25, 0.3) is 0 Å². The lowest BCUT2D eigenvalue weighted by atomic mass is 10.0. The van der Waals surface area contributed by atoms with E-state index >= 15 is 0 Å². The molecular weight excluding hydrogens is 1150 g/mol. The lowest BCUT2D eigenvalue weighted by Gasteiger charge is -2.31. The van der Waals surface area contributed by atoms with Gasteiger partial charge in [0.05, 0.1) is 32.6 Å². The van der Waals surface area contributed by atoms with Gasteiger partial charge in [0.2, 0.25) is 82.7 Å². The summed E-state index contributed by atoms with van der Waals surface area (Å²) in [6.07, 6.45) is -1.13. The number of rotatable bonds is 25. The van der Waals surface area contributed by atoms with Crippen LogP contribution in [0.1, 0.15) is 62.5 Å². The number of nitrogens with two attached hydrogens (primary N) is 5. The standard InChI is InChI=1S/C52H74N16O15S2/c53-17-5-4-9-31(45(76)60-23-41(57)72)63-51(82)38-10-6-18-68(38)52(83)37-27-85-84-26-36(61-44(75)25-59-43(74)24-58-42(73)22-54)50(81)65-34(20-29-11-13-30(69)14-12-29)48(79)64-33(19-28-7-2-1-3-8-28)47(78)62-32(15-16-39(55)70)46(77)66-35(21-40(56)71)49(80)67-37/h1-3,7-8,11-14,31-38,69H,4-6,9-10,15-27,53-54H2,(H2,55,70)(H2,56,71)(H2,57,72)(H,58,73)(H,59,74)(H,60,76)(H,61,75)(H,62,78)(H,63,82)(H,64,79)(H,65,81)(H,66,77)(H,67,80)/t31-,32?,33-,34?,35-,36?,37?,38-/m0/s1. The number of phenolic OH excluding ortho intramolecular Hbond substituents is 1. The molecule has 8 atom stereocenters. The molecule has 85 heavy (non-hydrogen) atoms. The van der Waals surface area contributed by atoms with Gasteiger partial charge >= 0.3 is 0 Å². The summed E-state index contributed by atoms with van der Waals surface area (Å²) in [5, 5.41) is 34.8. The molecular formula is C52H74N16O15S2. The molecule has 0 bridgehead atoms. The highest BCUT2D eigenvalue weighted by atomic mass is 33.1. The van der Waals surface area contributed by atoms with Crippen molar-refractivity contribution < 1.29 is 72.2 Å². The molecule has 2 aromatic rings. The zero-order valence-electron chi connectivity index (χ0n) is 46.4. The minimum Gasteiger partial charge on any atom is -0.508 e. The maximum Gasteiger partial charge on any atom is 0.246 e. The van der Waals surface area contributed by atoms with Gasteiger partial charge in [-0.1, -0.05) is 64.1 Å². The molecule has 4 rings (SSSR count). The molecule has 31 nitrogen and oxygen atoms in total. The summed E-state index contributed by atoms with van der Waals surface area (Å²) >= 11 is 0. The van der Waals surface area contributed by atoms with Crippen molar-refractivity contribution in [1.82, 2.24) is 58.1 Å². The molecule has 0 saturated carbocycles. The molecule has 2 aliphatic heterocycles. The van der Waals surface area contributed by atoms with Gasteiger partial charge in [-0.25, -0.2) is 0 Å². The Labute approximate surface area is 496 Å². The van der Waals surface area contributed by atoms with Gasteiger partial charge in [-0.05, 0) is 68.3 Å². The number of amides is 14. The van der Waals surface area contributed by atoms with E-state index in [1.54, 1.807) is 30.3 Å². The smallest absolute Gasteiger partial charge is 0.246 e. The molecule has 4 unspecified atom stereocenters. The van der Waals surface area contributed by atoms with Crippen molar-refractivity contribution in [3.05, 3.63) is 65.7 Å². The average molecular weight is 1230 g/mol. The van der Waals surface area contributed by atoms with Gasteiger partial charge in [-0.15, -0.1) is 0 Å². The first-order valence-electron chi connectivity index (χ1n) is 27.0. The summed E-state index contributed by atoms with van der Waals surface area (Å²) in [5.41, 5.74) is 28.1. The summed E-state index contributed by atoms with van der Waals surface area (Å²) in [7, 11) is 1.73. The number of aromatic hydroxyl groups is 1. The summed E-state index contributed by atoms with van der Waals surface area (Å²) in [6, 6.07) is 1.48. The molecule has 14 amide bonds. The number of nitrogens with one attached hydrogen (secondary N) is 10. The number of benzene rings is 2. The molecule has 21 N–H and O–H groups in total. The quantitative estimate of drug-likeness (QED) is 0.0324. The van der Waals surface area contributed by atoms with Gasteiger partial charge in [0, 0.05) is 37.3 Å². The Morgan fingerprint density at radius 3 is 1.82 bits per heavy atom. The fourth-order valence-corrected chi connectivity index (χ4v) is 10.9. The summed E-state index contributed by atoms with van der Waals surface area (Å²) in [5.74, 6) is -13.8. The first-order valence-corrected chi connectivity index (χ1v) is 29.5. The normalized spacial score (nSPS) is 21.2. The number of phenols is 1. The number of hydrogen-bond acceptors (Lipinski definition) is 19. The van der Waals surface area contributed by atoms with Crippen molar-refractivity contribution >= 4 is 104 Å². The molecule has 2 heterocycles. The number of primary amides is 3. The van der Waals surface area contributed by atoms with Crippen LogP contribution in [0.15, 0.2) is 54.6 Å². The van der Waals surface area contributed by atoms with Crippen molar-refractivity contribution in [3.63, 3.8) is 0 Å². The predicted molar refractivity (Wildman–Crippen MR) is 308 cm³/mol. The maximum atomic E-state index is 14.8. The molecule has 33 heteroatoms. The highest BCUT2D eigenvalue weighted by Crippen LogP contribution is 2.26. The Kier molecular flexibility index (Phi) is 28.8. The van der Waals surface area contributed by atoms with Gasteiger partial charge in [0.15, 0.2) is 0 Å². The van der Waals surface area contributed by atoms with Crippen LogP contribution in [0, 0.1) is 0 Å². The van der Waals surface area contributed by atoms with Gasteiger partial charge in [0.1, 0.15) is 54.1 Å². The SMILES string of the molecule is NCCCC[C@H](NC(=O)[C@@H]1CCCN1C(=O)C1CSSCC(NC(=O)CNC(=O)CNC(=O)CN)C(=O)NC(Cc2ccc(O)cc2)C(=O)N[C@@H](Cc2ccccc2)C(=O)NC(CCC(N)=O)C(=O)N[C@@H](CC(N)=O)C(=O)N1)C(=O)NCC(N)=O.